The summed E-state index contributed by atoms with van der Waals surface area (Å²) in [7, 11) is 2.02. The highest BCUT2D eigenvalue weighted by atomic mass is 16.3. The van der Waals surface area contributed by atoms with Crippen LogP contribution in [0.15, 0.2) is 36.4 Å². The molecular formula is C14H21NO. The molecule has 0 bridgehead atoms. The molecule has 1 atom stereocenters. The second-order valence-electron chi connectivity index (χ2n) is 4.30. The van der Waals surface area contributed by atoms with Gasteiger partial charge in [-0.05, 0) is 19.4 Å². The molecule has 0 amide bonds. The summed E-state index contributed by atoms with van der Waals surface area (Å²) in [4.78, 5) is 2.12. The quantitative estimate of drug-likeness (QED) is 0.769. The van der Waals surface area contributed by atoms with Crippen LogP contribution in [-0.2, 0) is 0 Å². The monoisotopic (exact) mass is 219 g/mol. The molecule has 0 aromatic heterocycles. The Bertz CT molecular complexity index is 360. The van der Waals surface area contributed by atoms with E-state index in [1.807, 2.05) is 45.2 Å². The zero-order valence-electron chi connectivity index (χ0n) is 10.4. The first-order chi connectivity index (χ1) is 7.56. The van der Waals surface area contributed by atoms with Crippen LogP contribution in [0.4, 0.5) is 5.69 Å². The summed E-state index contributed by atoms with van der Waals surface area (Å²) in [5, 5.41) is 9.94. The summed E-state index contributed by atoms with van der Waals surface area (Å²) in [5.41, 5.74) is 3.19. The first-order valence-corrected chi connectivity index (χ1v) is 5.68. The van der Waals surface area contributed by atoms with E-state index in [1.165, 1.54) is 0 Å². The van der Waals surface area contributed by atoms with Gasteiger partial charge in [0.25, 0.3) is 0 Å². The minimum absolute atomic E-state index is 0.385. The van der Waals surface area contributed by atoms with Crippen molar-refractivity contribution in [2.45, 2.75) is 26.4 Å². The van der Waals surface area contributed by atoms with Crippen molar-refractivity contribution < 1.29 is 5.11 Å². The Morgan fingerprint density at radius 3 is 2.62 bits per heavy atom. The molecule has 0 radical (unpaired) electrons. The molecule has 1 rings (SSSR count). The lowest BCUT2D eigenvalue weighted by molar-refractivity contribution is 0.174. The number of aliphatic hydroxyl groups excluding tert-OH is 1. The largest absolute Gasteiger partial charge is 0.388 e. The lowest BCUT2D eigenvalue weighted by Gasteiger charge is -2.24. The Labute approximate surface area is 98.2 Å². The molecule has 0 saturated carbocycles. The maximum atomic E-state index is 9.94. The summed E-state index contributed by atoms with van der Waals surface area (Å²) in [6.07, 6.45) is 0.349. The van der Waals surface area contributed by atoms with Gasteiger partial charge in [0, 0.05) is 24.8 Å². The third-order valence-electron chi connectivity index (χ3n) is 2.60. The van der Waals surface area contributed by atoms with E-state index >= 15 is 0 Å². The summed E-state index contributed by atoms with van der Waals surface area (Å²) in [6, 6.07) is 7.98. The van der Waals surface area contributed by atoms with Gasteiger partial charge in [-0.25, -0.2) is 0 Å². The smallest absolute Gasteiger partial charge is 0.0807 e. The summed E-state index contributed by atoms with van der Waals surface area (Å²) in [5.74, 6) is 0. The van der Waals surface area contributed by atoms with Crippen LogP contribution in [0, 0.1) is 0 Å². The van der Waals surface area contributed by atoms with Crippen molar-refractivity contribution in [2.24, 2.45) is 0 Å². The molecule has 1 aromatic carbocycles. The molecular weight excluding hydrogens is 198 g/mol. The van der Waals surface area contributed by atoms with Gasteiger partial charge in [-0.1, -0.05) is 37.3 Å². The van der Waals surface area contributed by atoms with Crippen molar-refractivity contribution in [3.05, 3.63) is 42.0 Å². The van der Waals surface area contributed by atoms with Gasteiger partial charge in [-0.2, -0.15) is 0 Å². The van der Waals surface area contributed by atoms with E-state index in [0.717, 1.165) is 29.8 Å². The van der Waals surface area contributed by atoms with E-state index in [-0.39, 0.29) is 6.10 Å². The van der Waals surface area contributed by atoms with E-state index in [1.54, 1.807) is 0 Å². The molecule has 0 aliphatic rings. The van der Waals surface area contributed by atoms with Crippen LogP contribution in [0.2, 0.25) is 0 Å². The van der Waals surface area contributed by atoms with Crippen LogP contribution >= 0.6 is 0 Å². The fraction of sp³-hybridized carbons (Fsp3) is 0.429. The molecule has 1 N–H and O–H groups in total. The third-order valence-corrected chi connectivity index (χ3v) is 2.60. The zero-order chi connectivity index (χ0) is 12.1. The summed E-state index contributed by atoms with van der Waals surface area (Å²) < 4.78 is 0. The number of benzene rings is 1. The van der Waals surface area contributed by atoms with Gasteiger partial charge in [-0.3, -0.25) is 0 Å². The molecule has 0 saturated heterocycles. The van der Waals surface area contributed by atoms with Crippen molar-refractivity contribution in [3.8, 4) is 0 Å². The number of hydrogen-bond donors (Lipinski definition) is 1. The first kappa shape index (κ1) is 12.8. The normalized spacial score (nSPS) is 12.2. The number of para-hydroxylation sites is 1. The number of rotatable bonds is 5. The SMILES string of the molecule is C=C(C)CN(C)c1ccccc1C(O)CC. The zero-order valence-corrected chi connectivity index (χ0v) is 10.4. The Morgan fingerprint density at radius 1 is 1.44 bits per heavy atom. The van der Waals surface area contributed by atoms with Crippen molar-refractivity contribution in [1.82, 2.24) is 0 Å². The number of anilines is 1. The highest BCUT2D eigenvalue weighted by Gasteiger charge is 2.12. The number of nitrogens with zero attached hydrogens (tertiary/aromatic N) is 1. The van der Waals surface area contributed by atoms with Gasteiger partial charge in [0.05, 0.1) is 6.10 Å². The molecule has 16 heavy (non-hydrogen) atoms. The van der Waals surface area contributed by atoms with Crippen molar-refractivity contribution in [1.29, 1.82) is 0 Å². The van der Waals surface area contributed by atoms with Crippen LogP contribution in [-0.4, -0.2) is 18.7 Å². The average Bonchev–Trinajstić information content (AvgIpc) is 2.27. The van der Waals surface area contributed by atoms with E-state index < -0.39 is 0 Å². The number of aliphatic hydroxyl groups is 1. The predicted molar refractivity (Wildman–Crippen MR) is 69.8 cm³/mol. The molecule has 0 aliphatic carbocycles. The van der Waals surface area contributed by atoms with Crippen LogP contribution in [0.25, 0.3) is 0 Å². The predicted octanol–water partition coefficient (Wildman–Crippen LogP) is 3.14. The topological polar surface area (TPSA) is 23.5 Å². The van der Waals surface area contributed by atoms with E-state index in [2.05, 4.69) is 11.5 Å². The fourth-order valence-electron chi connectivity index (χ4n) is 1.83. The molecule has 2 heteroatoms. The first-order valence-electron chi connectivity index (χ1n) is 5.68. The van der Waals surface area contributed by atoms with Crippen molar-refractivity contribution in [3.63, 3.8) is 0 Å². The Hall–Kier alpha value is -1.28. The summed E-state index contributed by atoms with van der Waals surface area (Å²) >= 11 is 0. The maximum absolute atomic E-state index is 9.94. The molecule has 88 valence electrons. The molecule has 2 nitrogen and oxygen atoms in total. The molecule has 0 fully saturated rings. The third kappa shape index (κ3) is 3.11. The van der Waals surface area contributed by atoms with Crippen LogP contribution in [0.3, 0.4) is 0 Å². The Morgan fingerprint density at radius 2 is 2.06 bits per heavy atom. The van der Waals surface area contributed by atoms with Crippen LogP contribution in [0.5, 0.6) is 0 Å². The molecule has 1 aromatic rings. The van der Waals surface area contributed by atoms with E-state index in [9.17, 15) is 5.11 Å². The van der Waals surface area contributed by atoms with E-state index in [4.69, 9.17) is 0 Å². The van der Waals surface area contributed by atoms with Crippen LogP contribution in [0.1, 0.15) is 31.9 Å². The number of likely N-dealkylation sites (N-methyl/N-ethyl adjacent to an activating group) is 1. The van der Waals surface area contributed by atoms with Crippen molar-refractivity contribution >= 4 is 5.69 Å². The standard InChI is InChI=1S/C14H21NO/c1-5-14(16)12-8-6-7-9-13(12)15(4)10-11(2)3/h6-9,14,16H,2,5,10H2,1,3-4H3. The molecule has 0 aliphatic heterocycles. The fourth-order valence-corrected chi connectivity index (χ4v) is 1.83. The minimum atomic E-state index is -0.385. The van der Waals surface area contributed by atoms with Gasteiger partial charge >= 0.3 is 0 Å². The Kier molecular flexibility index (Phi) is 4.56. The van der Waals surface area contributed by atoms with Gasteiger partial charge < -0.3 is 10.0 Å². The lowest BCUT2D eigenvalue weighted by atomic mass is 10.0. The van der Waals surface area contributed by atoms with Gasteiger partial charge in [0.15, 0.2) is 0 Å². The summed E-state index contributed by atoms with van der Waals surface area (Å²) in [6.45, 7) is 8.72. The Balaban J connectivity index is 2.98. The highest BCUT2D eigenvalue weighted by molar-refractivity contribution is 5.54. The number of hydrogen-bond acceptors (Lipinski definition) is 2. The molecule has 0 heterocycles. The average molecular weight is 219 g/mol. The highest BCUT2D eigenvalue weighted by Crippen LogP contribution is 2.27. The van der Waals surface area contributed by atoms with Gasteiger partial charge in [-0.15, -0.1) is 0 Å². The minimum Gasteiger partial charge on any atom is -0.388 e. The van der Waals surface area contributed by atoms with Gasteiger partial charge in [0.1, 0.15) is 0 Å². The van der Waals surface area contributed by atoms with E-state index in [0.29, 0.717) is 0 Å². The van der Waals surface area contributed by atoms with Gasteiger partial charge in [0.2, 0.25) is 0 Å². The lowest BCUT2D eigenvalue weighted by Crippen LogP contribution is -2.21. The molecule has 0 spiro atoms. The maximum Gasteiger partial charge on any atom is 0.0807 e. The second kappa shape index (κ2) is 5.71. The molecule has 1 unspecified atom stereocenters. The van der Waals surface area contributed by atoms with Crippen LogP contribution < -0.4 is 4.90 Å². The second-order valence-corrected chi connectivity index (χ2v) is 4.30. The van der Waals surface area contributed by atoms with Crippen molar-refractivity contribution in [2.75, 3.05) is 18.5 Å².